The van der Waals surface area contributed by atoms with E-state index in [4.69, 9.17) is 9.88 Å². The summed E-state index contributed by atoms with van der Waals surface area (Å²) in [5.74, 6) is 0.764. The molecule has 7 heteroatoms. The average Bonchev–Trinajstić information content (AvgIpc) is 2.76. The highest BCUT2D eigenvalue weighted by Gasteiger charge is 2.24. The number of pyridine rings is 1. The number of aliphatic hydroxyl groups is 1. The van der Waals surface area contributed by atoms with Crippen LogP contribution in [0.25, 0.3) is 11.1 Å². The summed E-state index contributed by atoms with van der Waals surface area (Å²) in [6.07, 6.45) is 3.86. The van der Waals surface area contributed by atoms with Crippen molar-refractivity contribution in [2.45, 2.75) is 43.8 Å². The predicted octanol–water partition coefficient (Wildman–Crippen LogP) is 3.79. The van der Waals surface area contributed by atoms with E-state index in [9.17, 15) is 13.5 Å². The van der Waals surface area contributed by atoms with Crippen LogP contribution < -0.4 is 9.88 Å². The van der Waals surface area contributed by atoms with Gasteiger partial charge in [-0.25, -0.2) is 13.6 Å². The number of benzene rings is 2. The molecular formula is C24H28N2O4S. The van der Waals surface area contributed by atoms with Gasteiger partial charge in [0, 0.05) is 12.4 Å². The predicted molar refractivity (Wildman–Crippen MR) is 121 cm³/mol. The number of aryl methyl sites for hydroxylation is 1. The maximum absolute atomic E-state index is 11.6. The fraction of sp³-hybridized carbons (Fsp3) is 0.292. The molecule has 0 saturated carbocycles. The maximum Gasteiger partial charge on any atom is 0.238 e. The van der Waals surface area contributed by atoms with Crippen molar-refractivity contribution < 1.29 is 18.3 Å². The number of hydrogen-bond donors (Lipinski definition) is 2. The molecule has 0 bridgehead atoms. The number of primary sulfonamides is 1. The summed E-state index contributed by atoms with van der Waals surface area (Å²) in [5.41, 5.74) is 2.67. The van der Waals surface area contributed by atoms with E-state index in [1.54, 1.807) is 18.3 Å². The van der Waals surface area contributed by atoms with Gasteiger partial charge in [0.25, 0.3) is 0 Å². The molecule has 1 aromatic heterocycles. The summed E-state index contributed by atoms with van der Waals surface area (Å²) >= 11 is 0. The standard InChI is InChI=1S/C24H28N2O4S/c1-17(2)24(23(27)13-8-18-5-4-14-26-16-18)30-21-11-9-19(10-12-21)20-6-3-7-22(15-20)31(25,28)29/h3-7,9-12,14-17,23-24,27H,8,13H2,1-2H3,(H2,25,28,29)/t23-,24?/m1/s1. The van der Waals surface area contributed by atoms with E-state index in [1.807, 2.05) is 62.5 Å². The van der Waals surface area contributed by atoms with E-state index in [2.05, 4.69) is 4.98 Å². The summed E-state index contributed by atoms with van der Waals surface area (Å²) in [5, 5.41) is 16.0. The first-order valence-electron chi connectivity index (χ1n) is 10.2. The first kappa shape index (κ1) is 22.9. The maximum atomic E-state index is 11.6. The van der Waals surface area contributed by atoms with Crippen LogP contribution in [-0.2, 0) is 16.4 Å². The molecule has 3 N–H and O–H groups in total. The summed E-state index contributed by atoms with van der Waals surface area (Å²) in [4.78, 5) is 4.18. The second-order valence-electron chi connectivity index (χ2n) is 7.89. The van der Waals surface area contributed by atoms with Crippen molar-refractivity contribution in [1.82, 2.24) is 4.98 Å². The molecule has 0 saturated heterocycles. The average molecular weight is 441 g/mol. The lowest BCUT2D eigenvalue weighted by Gasteiger charge is -2.27. The van der Waals surface area contributed by atoms with Gasteiger partial charge in [-0.15, -0.1) is 0 Å². The summed E-state index contributed by atoms with van der Waals surface area (Å²) < 4.78 is 29.3. The molecule has 1 heterocycles. The number of ether oxygens (including phenoxy) is 1. The van der Waals surface area contributed by atoms with Crippen LogP contribution in [0.3, 0.4) is 0 Å². The Morgan fingerprint density at radius 1 is 1.03 bits per heavy atom. The lowest BCUT2D eigenvalue weighted by molar-refractivity contribution is 0.00486. The zero-order valence-electron chi connectivity index (χ0n) is 17.7. The second kappa shape index (κ2) is 10.0. The van der Waals surface area contributed by atoms with Crippen molar-refractivity contribution in [3.63, 3.8) is 0 Å². The van der Waals surface area contributed by atoms with Crippen LogP contribution in [0.1, 0.15) is 25.8 Å². The molecule has 0 spiro atoms. The highest BCUT2D eigenvalue weighted by molar-refractivity contribution is 7.89. The van der Waals surface area contributed by atoms with Gasteiger partial charge in [-0.05, 0) is 65.8 Å². The molecule has 2 atom stereocenters. The van der Waals surface area contributed by atoms with Crippen LogP contribution in [-0.4, -0.2) is 30.7 Å². The van der Waals surface area contributed by atoms with E-state index in [0.717, 1.165) is 23.1 Å². The quantitative estimate of drug-likeness (QED) is 0.527. The molecule has 3 aromatic rings. The monoisotopic (exact) mass is 440 g/mol. The van der Waals surface area contributed by atoms with Gasteiger partial charge in [0.15, 0.2) is 0 Å². The van der Waals surface area contributed by atoms with Gasteiger partial charge in [0.1, 0.15) is 11.9 Å². The van der Waals surface area contributed by atoms with Crippen molar-refractivity contribution in [3.05, 3.63) is 78.6 Å². The fourth-order valence-electron chi connectivity index (χ4n) is 3.42. The van der Waals surface area contributed by atoms with Crippen molar-refractivity contribution in [2.24, 2.45) is 11.1 Å². The Hall–Kier alpha value is -2.74. The first-order valence-corrected chi connectivity index (χ1v) is 11.8. The largest absolute Gasteiger partial charge is 0.487 e. The van der Waals surface area contributed by atoms with Crippen LogP contribution in [0, 0.1) is 5.92 Å². The lowest BCUT2D eigenvalue weighted by Crippen LogP contribution is -2.36. The van der Waals surface area contributed by atoms with Gasteiger partial charge >= 0.3 is 0 Å². The molecule has 164 valence electrons. The molecule has 0 aliphatic heterocycles. The molecule has 3 rings (SSSR count). The zero-order valence-corrected chi connectivity index (χ0v) is 18.5. The highest BCUT2D eigenvalue weighted by Crippen LogP contribution is 2.26. The molecule has 31 heavy (non-hydrogen) atoms. The number of sulfonamides is 1. The summed E-state index contributed by atoms with van der Waals surface area (Å²) in [6, 6.07) is 17.7. The summed E-state index contributed by atoms with van der Waals surface area (Å²) in [7, 11) is -3.76. The van der Waals surface area contributed by atoms with Gasteiger partial charge in [-0.1, -0.05) is 44.2 Å². The van der Waals surface area contributed by atoms with E-state index in [-0.39, 0.29) is 16.9 Å². The Morgan fingerprint density at radius 2 is 1.77 bits per heavy atom. The lowest BCUT2D eigenvalue weighted by atomic mass is 9.96. The number of aliphatic hydroxyl groups excluding tert-OH is 1. The van der Waals surface area contributed by atoms with Gasteiger partial charge in [0.2, 0.25) is 10.0 Å². The molecule has 0 aliphatic carbocycles. The van der Waals surface area contributed by atoms with Crippen molar-refractivity contribution in [3.8, 4) is 16.9 Å². The fourth-order valence-corrected chi connectivity index (χ4v) is 3.98. The third kappa shape index (κ3) is 6.37. The Bertz CT molecular complexity index is 1080. The first-order chi connectivity index (χ1) is 14.7. The van der Waals surface area contributed by atoms with Crippen LogP contribution in [0.2, 0.25) is 0 Å². The second-order valence-corrected chi connectivity index (χ2v) is 9.45. The van der Waals surface area contributed by atoms with Crippen molar-refractivity contribution in [1.29, 1.82) is 0 Å². The van der Waals surface area contributed by atoms with E-state index >= 15 is 0 Å². The minimum Gasteiger partial charge on any atom is -0.487 e. The number of rotatable bonds is 9. The Kier molecular flexibility index (Phi) is 7.43. The molecular weight excluding hydrogens is 412 g/mol. The number of nitrogens with zero attached hydrogens (tertiary/aromatic N) is 1. The molecule has 6 nitrogen and oxygen atoms in total. The van der Waals surface area contributed by atoms with Crippen LogP contribution >= 0.6 is 0 Å². The van der Waals surface area contributed by atoms with Crippen molar-refractivity contribution >= 4 is 10.0 Å². The number of hydrogen-bond acceptors (Lipinski definition) is 5. The SMILES string of the molecule is CC(C)C(Oc1ccc(-c2cccc(S(N)(=O)=O)c2)cc1)[C@H](O)CCc1cccnc1. The zero-order chi connectivity index (χ0) is 22.4. The molecule has 0 radical (unpaired) electrons. The molecule has 0 fully saturated rings. The minimum atomic E-state index is -3.76. The molecule has 1 unspecified atom stereocenters. The normalized spacial score (nSPS) is 13.7. The van der Waals surface area contributed by atoms with Crippen LogP contribution in [0.15, 0.2) is 78.0 Å². The Morgan fingerprint density at radius 3 is 2.39 bits per heavy atom. The third-order valence-electron chi connectivity index (χ3n) is 5.11. The number of aromatic nitrogens is 1. The number of nitrogens with two attached hydrogens (primary N) is 1. The van der Waals surface area contributed by atoms with Crippen LogP contribution in [0.5, 0.6) is 5.75 Å². The van der Waals surface area contributed by atoms with E-state index in [1.165, 1.54) is 6.07 Å². The highest BCUT2D eigenvalue weighted by atomic mass is 32.2. The van der Waals surface area contributed by atoms with Gasteiger partial charge < -0.3 is 9.84 Å². The van der Waals surface area contributed by atoms with Gasteiger partial charge in [0.05, 0.1) is 11.0 Å². The minimum absolute atomic E-state index is 0.0712. The van der Waals surface area contributed by atoms with Crippen LogP contribution in [0.4, 0.5) is 0 Å². The molecule has 0 aliphatic rings. The molecule has 2 aromatic carbocycles. The smallest absolute Gasteiger partial charge is 0.238 e. The Balaban J connectivity index is 1.69. The van der Waals surface area contributed by atoms with Gasteiger partial charge in [-0.2, -0.15) is 0 Å². The van der Waals surface area contributed by atoms with E-state index < -0.39 is 16.1 Å². The summed E-state index contributed by atoms with van der Waals surface area (Å²) in [6.45, 7) is 4.04. The Labute approximate surface area is 183 Å². The van der Waals surface area contributed by atoms with Gasteiger partial charge in [-0.3, -0.25) is 4.98 Å². The third-order valence-corrected chi connectivity index (χ3v) is 6.02. The van der Waals surface area contributed by atoms with E-state index in [0.29, 0.717) is 12.2 Å². The topological polar surface area (TPSA) is 103 Å². The van der Waals surface area contributed by atoms with Crippen molar-refractivity contribution in [2.75, 3.05) is 0 Å². The molecule has 0 amide bonds.